The van der Waals surface area contributed by atoms with E-state index in [9.17, 15) is 23.4 Å². The fourth-order valence-electron chi connectivity index (χ4n) is 4.44. The first-order valence-corrected chi connectivity index (χ1v) is 12.7. The van der Waals surface area contributed by atoms with Crippen LogP contribution in [-0.4, -0.2) is 72.0 Å². The van der Waals surface area contributed by atoms with Crippen molar-refractivity contribution in [2.45, 2.75) is 36.6 Å². The first-order chi connectivity index (χ1) is 18.1. The number of aromatic nitrogens is 6. The number of halogens is 5. The predicted octanol–water partition coefficient (Wildman–Crippen LogP) is 3.96. The van der Waals surface area contributed by atoms with Gasteiger partial charge in [0.25, 0.3) is 0 Å². The SMILES string of the molecule is CO[C@@H]1[C@@H](n2cc(-c3nc(Cl)cs3)nn2)[C@@H](O)[C@@H](CO)O[C@H]1c1ccnn1-c1cc(Cl)ccc1C(F)(F)F. The summed E-state index contributed by atoms with van der Waals surface area (Å²) in [4.78, 5) is 4.16. The number of nitrogens with zero attached hydrogens (tertiary/aromatic N) is 6. The number of aliphatic hydroxyl groups is 2. The van der Waals surface area contributed by atoms with Gasteiger partial charge in [0.15, 0.2) is 0 Å². The molecule has 38 heavy (non-hydrogen) atoms. The van der Waals surface area contributed by atoms with Gasteiger partial charge in [-0.25, -0.2) is 14.3 Å². The lowest BCUT2D eigenvalue weighted by atomic mass is 9.90. The lowest BCUT2D eigenvalue weighted by Crippen LogP contribution is -2.53. The largest absolute Gasteiger partial charge is 0.418 e. The van der Waals surface area contributed by atoms with Gasteiger partial charge in [0.05, 0.1) is 29.7 Å². The van der Waals surface area contributed by atoms with E-state index in [1.54, 1.807) is 5.38 Å². The van der Waals surface area contributed by atoms with E-state index >= 15 is 0 Å². The Labute approximate surface area is 227 Å². The summed E-state index contributed by atoms with van der Waals surface area (Å²) in [5, 5.41) is 35.9. The fraction of sp³-hybridized carbons (Fsp3) is 0.364. The number of methoxy groups -OCH3 is 1. The molecule has 1 aliphatic heterocycles. The maximum absolute atomic E-state index is 13.8. The molecule has 0 unspecified atom stereocenters. The molecule has 3 aromatic heterocycles. The first kappa shape index (κ1) is 27.0. The van der Waals surface area contributed by atoms with Crippen LogP contribution in [0.15, 0.2) is 42.0 Å². The fourth-order valence-corrected chi connectivity index (χ4v) is 5.50. The minimum absolute atomic E-state index is 0.0706. The van der Waals surface area contributed by atoms with Crippen LogP contribution in [0.3, 0.4) is 0 Å². The standard InChI is InChI=1S/C22H19Cl2F3N6O4S/c1-36-20-17(32-7-12(30-31-32)21-29-16(24)9-38-21)18(35)15(8-34)37-19(20)13-4-5-28-33(13)14-6-10(23)2-3-11(14)22(25,26)27/h2-7,9,15,17-20,34-35H,8H2,1H3/t15-,17+,18+,19+,20-/m1/s1. The molecule has 0 aliphatic carbocycles. The zero-order chi connectivity index (χ0) is 27.2. The molecule has 4 heterocycles. The van der Waals surface area contributed by atoms with Crippen molar-refractivity contribution in [1.82, 2.24) is 29.8 Å². The Bertz CT molecular complexity index is 1430. The number of ether oxygens (including phenoxy) is 2. The van der Waals surface area contributed by atoms with E-state index in [1.165, 1.54) is 41.6 Å². The lowest BCUT2D eigenvalue weighted by molar-refractivity contribution is -0.216. The van der Waals surface area contributed by atoms with Gasteiger partial charge in [-0.05, 0) is 24.3 Å². The molecule has 202 valence electrons. The molecule has 0 saturated carbocycles. The molecule has 2 N–H and O–H groups in total. The second kappa shape index (κ2) is 10.5. The summed E-state index contributed by atoms with van der Waals surface area (Å²) in [5.41, 5.74) is -0.733. The zero-order valence-electron chi connectivity index (χ0n) is 19.3. The number of alkyl halides is 3. The van der Waals surface area contributed by atoms with E-state index in [0.717, 1.165) is 22.9 Å². The van der Waals surface area contributed by atoms with E-state index in [-0.39, 0.29) is 21.6 Å². The molecule has 5 atom stereocenters. The topological polar surface area (TPSA) is 120 Å². The normalized spacial score (nSPS) is 24.2. The van der Waals surface area contributed by atoms with Gasteiger partial charge in [0.2, 0.25) is 0 Å². The highest BCUT2D eigenvalue weighted by molar-refractivity contribution is 7.13. The Balaban J connectivity index is 1.58. The third-order valence-corrected chi connectivity index (χ3v) is 7.53. The number of hydrogen-bond acceptors (Lipinski definition) is 9. The molecule has 1 saturated heterocycles. The molecule has 0 amide bonds. The minimum Gasteiger partial charge on any atom is -0.394 e. The van der Waals surface area contributed by atoms with Crippen LogP contribution in [0, 0.1) is 0 Å². The average molecular weight is 591 g/mol. The molecule has 16 heteroatoms. The van der Waals surface area contributed by atoms with Crippen molar-refractivity contribution in [3.63, 3.8) is 0 Å². The highest BCUT2D eigenvalue weighted by atomic mass is 35.5. The summed E-state index contributed by atoms with van der Waals surface area (Å²) in [5.74, 6) is 0. The van der Waals surface area contributed by atoms with Gasteiger partial charge in [-0.3, -0.25) is 0 Å². The molecule has 4 aromatic rings. The number of thiazole rings is 1. The lowest BCUT2D eigenvalue weighted by Gasteiger charge is -2.43. The van der Waals surface area contributed by atoms with Crippen LogP contribution in [0.2, 0.25) is 10.2 Å². The quantitative estimate of drug-likeness (QED) is 0.346. The highest BCUT2D eigenvalue weighted by Gasteiger charge is 2.49. The molecule has 5 rings (SSSR count). The van der Waals surface area contributed by atoms with Crippen molar-refractivity contribution in [3.05, 3.63) is 63.5 Å². The maximum atomic E-state index is 13.8. The number of aliphatic hydroxyl groups excluding tert-OH is 2. The van der Waals surface area contributed by atoms with E-state index in [0.29, 0.717) is 10.7 Å². The van der Waals surface area contributed by atoms with Crippen LogP contribution in [0.1, 0.15) is 23.4 Å². The van der Waals surface area contributed by atoms with Crippen molar-refractivity contribution in [1.29, 1.82) is 0 Å². The molecule has 0 radical (unpaired) electrons. The third kappa shape index (κ3) is 4.93. The number of benzene rings is 1. The van der Waals surface area contributed by atoms with E-state index in [1.807, 2.05) is 0 Å². The van der Waals surface area contributed by atoms with Gasteiger partial charge >= 0.3 is 6.18 Å². The van der Waals surface area contributed by atoms with Gasteiger partial charge < -0.3 is 19.7 Å². The second-order valence-electron chi connectivity index (χ2n) is 8.35. The minimum atomic E-state index is -4.69. The number of hydrogen-bond donors (Lipinski definition) is 2. The molecule has 1 aliphatic rings. The average Bonchev–Trinajstić information content (AvgIpc) is 3.63. The predicted molar refractivity (Wildman–Crippen MR) is 130 cm³/mol. The number of rotatable bonds is 6. The van der Waals surface area contributed by atoms with Crippen molar-refractivity contribution < 1.29 is 32.9 Å². The monoisotopic (exact) mass is 590 g/mol. The van der Waals surface area contributed by atoms with E-state index in [4.69, 9.17) is 32.7 Å². The van der Waals surface area contributed by atoms with Gasteiger partial charge in [-0.15, -0.1) is 16.4 Å². The Morgan fingerprint density at radius 3 is 2.68 bits per heavy atom. The van der Waals surface area contributed by atoms with Crippen LogP contribution in [0.4, 0.5) is 13.2 Å². The van der Waals surface area contributed by atoms with Crippen LogP contribution in [0.25, 0.3) is 16.4 Å². The maximum Gasteiger partial charge on any atom is 0.418 e. The van der Waals surface area contributed by atoms with E-state index in [2.05, 4.69) is 20.4 Å². The van der Waals surface area contributed by atoms with Crippen LogP contribution in [0.5, 0.6) is 0 Å². The summed E-state index contributed by atoms with van der Waals surface area (Å²) in [6.07, 6.45) is -6.39. The summed E-state index contributed by atoms with van der Waals surface area (Å²) in [6.45, 7) is -0.590. The summed E-state index contributed by atoms with van der Waals surface area (Å²) < 4.78 is 55.6. The van der Waals surface area contributed by atoms with Gasteiger partial charge in [-0.1, -0.05) is 28.4 Å². The molecular weight excluding hydrogens is 572 g/mol. The van der Waals surface area contributed by atoms with Gasteiger partial charge in [-0.2, -0.15) is 18.3 Å². The highest BCUT2D eigenvalue weighted by Crippen LogP contribution is 2.42. The van der Waals surface area contributed by atoms with Crippen molar-refractivity contribution in [2.75, 3.05) is 13.7 Å². The molecular formula is C22H19Cl2F3N6O4S. The summed E-state index contributed by atoms with van der Waals surface area (Å²) >= 11 is 13.2. The van der Waals surface area contributed by atoms with Crippen molar-refractivity contribution in [2.24, 2.45) is 0 Å². The summed E-state index contributed by atoms with van der Waals surface area (Å²) in [6, 6.07) is 3.65. The Kier molecular flexibility index (Phi) is 7.48. The molecule has 10 nitrogen and oxygen atoms in total. The molecule has 1 fully saturated rings. The first-order valence-electron chi connectivity index (χ1n) is 11.0. The van der Waals surface area contributed by atoms with E-state index < -0.39 is 48.8 Å². The Morgan fingerprint density at radius 2 is 2.03 bits per heavy atom. The van der Waals surface area contributed by atoms with Crippen molar-refractivity contribution in [3.8, 4) is 16.4 Å². The molecule has 0 bridgehead atoms. The smallest absolute Gasteiger partial charge is 0.394 e. The Hall–Kier alpha value is -2.59. The third-order valence-electron chi connectivity index (χ3n) is 6.11. The Morgan fingerprint density at radius 1 is 1.24 bits per heavy atom. The van der Waals surface area contributed by atoms with Gasteiger partial charge in [0, 0.05) is 23.7 Å². The van der Waals surface area contributed by atoms with Crippen LogP contribution < -0.4 is 0 Å². The molecule has 0 spiro atoms. The van der Waals surface area contributed by atoms with Crippen LogP contribution in [-0.2, 0) is 15.7 Å². The zero-order valence-corrected chi connectivity index (χ0v) is 21.7. The summed E-state index contributed by atoms with van der Waals surface area (Å²) in [7, 11) is 1.36. The molecule has 1 aromatic carbocycles. The van der Waals surface area contributed by atoms with Crippen LogP contribution >= 0.6 is 34.5 Å². The van der Waals surface area contributed by atoms with Crippen molar-refractivity contribution >= 4 is 34.5 Å². The second-order valence-corrected chi connectivity index (χ2v) is 10.0. The van der Waals surface area contributed by atoms with Gasteiger partial charge in [0.1, 0.15) is 46.3 Å².